The molecule has 10 heavy (non-hydrogen) atoms. The molecule has 0 saturated carbocycles. The molecule has 0 N–H and O–H groups in total. The van der Waals surface area contributed by atoms with E-state index in [4.69, 9.17) is 0 Å². The van der Waals surface area contributed by atoms with Crippen LogP contribution in [0.2, 0.25) is 0 Å². The van der Waals surface area contributed by atoms with Crippen molar-refractivity contribution in [2.75, 3.05) is 0 Å². The zero-order chi connectivity index (χ0) is 8.20. The fraction of sp³-hybridized carbons (Fsp3) is 0.750. The van der Waals surface area contributed by atoms with Crippen molar-refractivity contribution >= 4 is 0 Å². The molecule has 0 aliphatic carbocycles. The second-order valence-corrected chi connectivity index (χ2v) is 2.58. The summed E-state index contributed by atoms with van der Waals surface area (Å²) in [6.45, 7) is 6.35. The van der Waals surface area contributed by atoms with Crippen molar-refractivity contribution in [1.82, 2.24) is 0 Å². The zero-order valence-electron chi connectivity index (χ0n) is 6.53. The Morgan fingerprint density at radius 3 is 2.30 bits per heavy atom. The lowest BCUT2D eigenvalue weighted by Gasteiger charge is -2.19. The van der Waals surface area contributed by atoms with Gasteiger partial charge in [-0.15, -0.1) is 0 Å². The molecule has 2 unspecified atom stereocenters. The lowest BCUT2D eigenvalue weighted by Crippen LogP contribution is -2.21. The summed E-state index contributed by atoms with van der Waals surface area (Å²) in [5, 5.41) is 0. The van der Waals surface area contributed by atoms with E-state index in [1.807, 2.05) is 0 Å². The highest BCUT2D eigenvalue weighted by molar-refractivity contribution is 4.96. The summed E-state index contributed by atoms with van der Waals surface area (Å²) < 4.78 is 25.4. The topological polar surface area (TPSA) is 0 Å². The average Bonchev–Trinajstić information content (AvgIpc) is 1.87. The van der Waals surface area contributed by atoms with Gasteiger partial charge in [-0.1, -0.05) is 19.6 Å². The Labute approximate surface area is 60.9 Å². The molecule has 2 heteroatoms. The van der Waals surface area contributed by atoms with Gasteiger partial charge in [-0.25, -0.2) is 8.78 Å². The van der Waals surface area contributed by atoms with Crippen LogP contribution < -0.4 is 0 Å². The van der Waals surface area contributed by atoms with E-state index in [1.165, 1.54) is 13.0 Å². The number of hydrogen-bond donors (Lipinski definition) is 0. The van der Waals surface area contributed by atoms with Crippen LogP contribution >= 0.6 is 0 Å². The molecule has 0 radical (unpaired) electrons. The van der Waals surface area contributed by atoms with Crippen LogP contribution in [0, 0.1) is 0 Å². The van der Waals surface area contributed by atoms with Gasteiger partial charge in [0.15, 0.2) is 0 Å². The average molecular weight is 148 g/mol. The molecule has 0 fully saturated rings. The maximum absolute atomic E-state index is 13.1. The van der Waals surface area contributed by atoms with E-state index in [0.717, 1.165) is 0 Å². The van der Waals surface area contributed by atoms with Gasteiger partial charge in [0.1, 0.15) is 11.8 Å². The van der Waals surface area contributed by atoms with E-state index < -0.39 is 11.8 Å². The van der Waals surface area contributed by atoms with Gasteiger partial charge in [0.2, 0.25) is 0 Å². The van der Waals surface area contributed by atoms with Crippen LogP contribution in [0.15, 0.2) is 12.7 Å². The van der Waals surface area contributed by atoms with Crippen molar-refractivity contribution in [2.24, 2.45) is 0 Å². The Hall–Kier alpha value is -0.400. The van der Waals surface area contributed by atoms with Crippen LogP contribution in [0.4, 0.5) is 8.78 Å². The molecule has 0 bridgehead atoms. The maximum atomic E-state index is 13.1. The molecule has 0 spiro atoms. The molecule has 0 aromatic heterocycles. The first-order valence-electron chi connectivity index (χ1n) is 3.50. The number of halogens is 2. The molecule has 2 atom stereocenters. The summed E-state index contributed by atoms with van der Waals surface area (Å²) in [6, 6.07) is 0. The van der Waals surface area contributed by atoms with Crippen molar-refractivity contribution in [3.8, 4) is 0 Å². The molecule has 0 aromatic rings. The molecular weight excluding hydrogens is 134 g/mol. The first-order chi connectivity index (χ1) is 4.54. The third kappa shape index (κ3) is 2.95. The molecule has 0 aliphatic rings. The highest BCUT2D eigenvalue weighted by atomic mass is 19.2. The lowest BCUT2D eigenvalue weighted by molar-refractivity contribution is 0.157. The van der Waals surface area contributed by atoms with E-state index in [1.54, 1.807) is 6.92 Å². The van der Waals surface area contributed by atoms with Crippen LogP contribution in [-0.2, 0) is 0 Å². The minimum Gasteiger partial charge on any atom is -0.248 e. The molecule has 0 heterocycles. The standard InChI is InChI=1S/C8H14F2/c1-4-8(10,5-2)6-7(3)9/h4,7H,1,5-6H2,2-3H3. The van der Waals surface area contributed by atoms with Gasteiger partial charge in [-0.2, -0.15) is 0 Å². The fourth-order valence-electron chi connectivity index (χ4n) is 0.840. The normalized spacial score (nSPS) is 19.6. The van der Waals surface area contributed by atoms with Crippen molar-refractivity contribution in [3.63, 3.8) is 0 Å². The van der Waals surface area contributed by atoms with E-state index in [0.29, 0.717) is 6.42 Å². The number of allylic oxidation sites excluding steroid dienone is 1. The summed E-state index contributed by atoms with van der Waals surface area (Å²) >= 11 is 0. The summed E-state index contributed by atoms with van der Waals surface area (Å²) in [7, 11) is 0. The summed E-state index contributed by atoms with van der Waals surface area (Å²) in [5.41, 5.74) is -1.51. The first-order valence-corrected chi connectivity index (χ1v) is 3.50. The van der Waals surface area contributed by atoms with Crippen LogP contribution in [0.25, 0.3) is 0 Å². The fourth-order valence-corrected chi connectivity index (χ4v) is 0.840. The second kappa shape index (κ2) is 3.69. The van der Waals surface area contributed by atoms with E-state index in [-0.39, 0.29) is 6.42 Å². The van der Waals surface area contributed by atoms with Gasteiger partial charge in [-0.05, 0) is 13.3 Å². The third-order valence-electron chi connectivity index (χ3n) is 1.57. The minimum atomic E-state index is -1.51. The predicted octanol–water partition coefficient (Wildman–Crippen LogP) is 3.04. The first kappa shape index (κ1) is 9.60. The Bertz CT molecular complexity index is 110. The highest BCUT2D eigenvalue weighted by Crippen LogP contribution is 2.24. The van der Waals surface area contributed by atoms with Crippen molar-refractivity contribution < 1.29 is 8.78 Å². The van der Waals surface area contributed by atoms with Crippen molar-refractivity contribution in [1.29, 1.82) is 0 Å². The van der Waals surface area contributed by atoms with Gasteiger partial charge < -0.3 is 0 Å². The molecule has 0 rings (SSSR count). The van der Waals surface area contributed by atoms with Crippen molar-refractivity contribution in [3.05, 3.63) is 12.7 Å². The number of alkyl halides is 2. The van der Waals surface area contributed by atoms with Gasteiger partial charge in [0.25, 0.3) is 0 Å². The lowest BCUT2D eigenvalue weighted by atomic mass is 9.97. The molecule has 0 amide bonds. The highest BCUT2D eigenvalue weighted by Gasteiger charge is 2.25. The zero-order valence-corrected chi connectivity index (χ0v) is 6.53. The quantitative estimate of drug-likeness (QED) is 0.537. The predicted molar refractivity (Wildman–Crippen MR) is 39.5 cm³/mol. The van der Waals surface area contributed by atoms with E-state index in [9.17, 15) is 8.78 Å². The third-order valence-corrected chi connectivity index (χ3v) is 1.57. The Balaban J connectivity index is 3.92. The smallest absolute Gasteiger partial charge is 0.131 e. The van der Waals surface area contributed by atoms with Crippen LogP contribution in [0.1, 0.15) is 26.7 Å². The van der Waals surface area contributed by atoms with Crippen LogP contribution in [-0.4, -0.2) is 11.8 Å². The largest absolute Gasteiger partial charge is 0.248 e. The summed E-state index contributed by atoms with van der Waals surface area (Å²) in [4.78, 5) is 0. The minimum absolute atomic E-state index is 0.0764. The van der Waals surface area contributed by atoms with Gasteiger partial charge >= 0.3 is 0 Å². The van der Waals surface area contributed by atoms with Gasteiger partial charge in [0, 0.05) is 6.42 Å². The molecule has 60 valence electrons. The molecule has 0 nitrogen and oxygen atoms in total. The molecular formula is C8H14F2. The molecule has 0 saturated heterocycles. The summed E-state index contributed by atoms with van der Waals surface area (Å²) in [6.07, 6.45) is 0.309. The SMILES string of the molecule is C=CC(F)(CC)CC(C)F. The van der Waals surface area contributed by atoms with E-state index >= 15 is 0 Å². The summed E-state index contributed by atoms with van der Waals surface area (Å²) in [5.74, 6) is 0. The van der Waals surface area contributed by atoms with Gasteiger partial charge in [-0.3, -0.25) is 0 Å². The molecule has 0 aliphatic heterocycles. The Kier molecular flexibility index (Phi) is 3.54. The Morgan fingerprint density at radius 1 is 1.70 bits per heavy atom. The number of rotatable bonds is 4. The number of hydrogen-bond acceptors (Lipinski definition) is 0. The van der Waals surface area contributed by atoms with Crippen molar-refractivity contribution in [2.45, 2.75) is 38.5 Å². The maximum Gasteiger partial charge on any atom is 0.131 e. The van der Waals surface area contributed by atoms with Crippen LogP contribution in [0.3, 0.4) is 0 Å². The van der Waals surface area contributed by atoms with E-state index in [2.05, 4.69) is 6.58 Å². The Morgan fingerprint density at radius 2 is 2.20 bits per heavy atom. The molecule has 0 aromatic carbocycles. The van der Waals surface area contributed by atoms with Crippen LogP contribution in [0.5, 0.6) is 0 Å². The monoisotopic (exact) mass is 148 g/mol. The van der Waals surface area contributed by atoms with Gasteiger partial charge in [0.05, 0.1) is 0 Å². The second-order valence-electron chi connectivity index (χ2n) is 2.58.